The zero-order valence-electron chi connectivity index (χ0n) is 27.0. The fourth-order valence-electron chi connectivity index (χ4n) is 7.96. The lowest BCUT2D eigenvalue weighted by Gasteiger charge is -2.18. The van der Waals surface area contributed by atoms with E-state index in [2.05, 4.69) is 146 Å². The van der Waals surface area contributed by atoms with Gasteiger partial charge in [-0.05, 0) is 115 Å². The average molecular weight is 627 g/mol. The summed E-state index contributed by atoms with van der Waals surface area (Å²) in [4.78, 5) is 0. The highest BCUT2D eigenvalue weighted by molar-refractivity contribution is 6.24. The number of allylic oxidation sites excluding steroid dienone is 1. The molecule has 0 radical (unpaired) electrons. The van der Waals surface area contributed by atoms with Crippen molar-refractivity contribution in [2.24, 2.45) is 0 Å². The van der Waals surface area contributed by atoms with Crippen LogP contribution in [0.2, 0.25) is 0 Å². The van der Waals surface area contributed by atoms with Gasteiger partial charge >= 0.3 is 0 Å². The molecule has 0 saturated carbocycles. The minimum absolute atomic E-state index is 0.879. The number of furan rings is 2. The van der Waals surface area contributed by atoms with Crippen LogP contribution in [-0.2, 0) is 0 Å². The van der Waals surface area contributed by atoms with E-state index in [9.17, 15) is 0 Å². The zero-order valence-corrected chi connectivity index (χ0v) is 27.0. The van der Waals surface area contributed by atoms with Crippen molar-refractivity contribution in [2.45, 2.75) is 6.92 Å². The van der Waals surface area contributed by atoms with Gasteiger partial charge in [-0.25, -0.2) is 0 Å². The van der Waals surface area contributed by atoms with E-state index < -0.39 is 0 Å². The summed E-state index contributed by atoms with van der Waals surface area (Å²) in [5, 5.41) is 11.8. The molecule has 0 saturated heterocycles. The molecule has 2 heterocycles. The molecular formula is C47H30O2. The second-order valence-corrected chi connectivity index (χ2v) is 12.8. The standard InChI is InChI=1S/C47H30O2/c1-3-11-30-27-44-39(24-28(30)4-2)38-25-31(19-21-41(38)49-44)45-34-14-7-9-16-36(34)46(37-17-10-8-15-35(37)45)32-20-22-42-40(26-32)47-33-13-6-5-12-29(33)18-23-43(47)48-42/h3-27H,2H2,1H3/b11-3-. The molecule has 0 bridgehead atoms. The van der Waals surface area contributed by atoms with E-state index in [1.165, 1.54) is 54.4 Å². The van der Waals surface area contributed by atoms with Gasteiger partial charge in [0.05, 0.1) is 0 Å². The molecule has 10 rings (SSSR count). The highest BCUT2D eigenvalue weighted by atomic mass is 16.3. The Labute approximate surface area is 282 Å². The summed E-state index contributed by atoms with van der Waals surface area (Å²) in [7, 11) is 0. The van der Waals surface area contributed by atoms with E-state index in [0.717, 1.165) is 55.2 Å². The molecule has 0 aliphatic carbocycles. The Morgan fingerprint density at radius 1 is 0.449 bits per heavy atom. The van der Waals surface area contributed by atoms with Gasteiger partial charge in [0.25, 0.3) is 0 Å². The second-order valence-electron chi connectivity index (χ2n) is 12.8. The van der Waals surface area contributed by atoms with E-state index in [1.54, 1.807) is 0 Å². The molecule has 8 aromatic carbocycles. The van der Waals surface area contributed by atoms with Gasteiger partial charge in [-0.1, -0.05) is 116 Å². The van der Waals surface area contributed by atoms with Gasteiger partial charge in [-0.2, -0.15) is 0 Å². The normalized spacial score (nSPS) is 12.2. The first-order valence-electron chi connectivity index (χ1n) is 16.7. The van der Waals surface area contributed by atoms with Gasteiger partial charge < -0.3 is 8.83 Å². The van der Waals surface area contributed by atoms with Crippen LogP contribution in [0, 0.1) is 0 Å². The molecule has 0 aliphatic heterocycles. The van der Waals surface area contributed by atoms with Crippen LogP contribution < -0.4 is 0 Å². The summed E-state index contributed by atoms with van der Waals surface area (Å²) in [6.07, 6.45) is 6.07. The fourth-order valence-corrected chi connectivity index (χ4v) is 7.96. The maximum Gasteiger partial charge on any atom is 0.136 e. The lowest BCUT2D eigenvalue weighted by Crippen LogP contribution is -1.90. The smallest absolute Gasteiger partial charge is 0.136 e. The Morgan fingerprint density at radius 2 is 0.980 bits per heavy atom. The minimum atomic E-state index is 0.879. The molecule has 0 amide bonds. The van der Waals surface area contributed by atoms with E-state index >= 15 is 0 Å². The highest BCUT2D eigenvalue weighted by Crippen LogP contribution is 2.46. The SMILES string of the molecule is C=Cc1cc2c(cc1/C=C\C)oc1ccc(-c3c4ccccc4c(-c4ccc5oc6ccc7ccccc7c6c5c4)c4ccccc34)cc12. The van der Waals surface area contributed by atoms with Crippen LogP contribution in [0.25, 0.3) is 111 Å². The quantitative estimate of drug-likeness (QED) is 0.182. The summed E-state index contributed by atoms with van der Waals surface area (Å²) < 4.78 is 12.8. The van der Waals surface area contributed by atoms with Crippen LogP contribution >= 0.6 is 0 Å². The maximum atomic E-state index is 6.39. The molecule has 2 heteroatoms. The molecule has 0 unspecified atom stereocenters. The number of hydrogen-bond donors (Lipinski definition) is 0. The van der Waals surface area contributed by atoms with Crippen molar-refractivity contribution in [3.8, 4) is 22.3 Å². The monoisotopic (exact) mass is 626 g/mol. The lowest BCUT2D eigenvalue weighted by atomic mass is 9.85. The Kier molecular flexibility index (Phi) is 5.97. The lowest BCUT2D eigenvalue weighted by molar-refractivity contribution is 0.668. The van der Waals surface area contributed by atoms with Crippen LogP contribution in [-0.4, -0.2) is 0 Å². The van der Waals surface area contributed by atoms with E-state index in [0.29, 0.717) is 0 Å². The first-order chi connectivity index (χ1) is 24.2. The third kappa shape index (κ3) is 4.07. The first kappa shape index (κ1) is 27.7. The van der Waals surface area contributed by atoms with Crippen molar-refractivity contribution < 1.29 is 8.83 Å². The molecule has 0 spiro atoms. The van der Waals surface area contributed by atoms with Crippen molar-refractivity contribution >= 4 is 88.3 Å². The molecule has 0 N–H and O–H groups in total. The Bertz CT molecular complexity index is 2960. The molecule has 0 fully saturated rings. The molecule has 10 aromatic rings. The molecular weight excluding hydrogens is 597 g/mol. The van der Waals surface area contributed by atoms with Gasteiger partial charge in [-0.3, -0.25) is 0 Å². The Hall–Kier alpha value is -6.38. The predicted molar refractivity (Wildman–Crippen MR) is 209 cm³/mol. The van der Waals surface area contributed by atoms with Crippen molar-refractivity contribution in [1.29, 1.82) is 0 Å². The second kappa shape index (κ2) is 10.6. The molecule has 230 valence electrons. The number of hydrogen-bond acceptors (Lipinski definition) is 2. The van der Waals surface area contributed by atoms with Crippen molar-refractivity contribution in [1.82, 2.24) is 0 Å². The number of fused-ring (bicyclic) bond motifs is 10. The van der Waals surface area contributed by atoms with Gasteiger partial charge in [0.15, 0.2) is 0 Å². The maximum absolute atomic E-state index is 6.39. The largest absolute Gasteiger partial charge is 0.456 e. The summed E-state index contributed by atoms with van der Waals surface area (Å²) >= 11 is 0. The minimum Gasteiger partial charge on any atom is -0.456 e. The molecule has 0 atom stereocenters. The third-order valence-electron chi connectivity index (χ3n) is 10.1. The van der Waals surface area contributed by atoms with Gasteiger partial charge in [0, 0.05) is 21.5 Å². The molecule has 2 aromatic heterocycles. The molecule has 2 nitrogen and oxygen atoms in total. The Balaban J connectivity index is 1.25. The molecule has 0 aliphatic rings. The zero-order chi connectivity index (χ0) is 32.6. The average Bonchev–Trinajstić information content (AvgIpc) is 3.70. The summed E-state index contributed by atoms with van der Waals surface area (Å²) in [5.41, 5.74) is 10.6. The van der Waals surface area contributed by atoms with Crippen LogP contribution in [0.1, 0.15) is 18.1 Å². The summed E-state index contributed by atoms with van der Waals surface area (Å²) in [5.74, 6) is 0. The van der Waals surface area contributed by atoms with Crippen molar-refractivity contribution in [2.75, 3.05) is 0 Å². The van der Waals surface area contributed by atoms with E-state index in [1.807, 2.05) is 19.1 Å². The van der Waals surface area contributed by atoms with E-state index in [-0.39, 0.29) is 0 Å². The van der Waals surface area contributed by atoms with Gasteiger partial charge in [0.1, 0.15) is 22.3 Å². The van der Waals surface area contributed by atoms with Crippen molar-refractivity contribution in [3.63, 3.8) is 0 Å². The topological polar surface area (TPSA) is 26.3 Å². The predicted octanol–water partition coefficient (Wildman–Crippen LogP) is 14.0. The first-order valence-corrected chi connectivity index (χ1v) is 16.7. The number of benzene rings is 8. The third-order valence-corrected chi connectivity index (χ3v) is 10.1. The Morgan fingerprint density at radius 3 is 1.61 bits per heavy atom. The van der Waals surface area contributed by atoms with Gasteiger partial charge in [-0.15, -0.1) is 0 Å². The van der Waals surface area contributed by atoms with E-state index in [4.69, 9.17) is 8.83 Å². The van der Waals surface area contributed by atoms with Crippen LogP contribution in [0.5, 0.6) is 0 Å². The fraction of sp³-hybridized carbons (Fsp3) is 0.0213. The summed E-state index contributed by atoms with van der Waals surface area (Å²) in [6, 6.07) is 48.0. The van der Waals surface area contributed by atoms with Crippen molar-refractivity contribution in [3.05, 3.63) is 157 Å². The highest BCUT2D eigenvalue weighted by Gasteiger charge is 2.19. The van der Waals surface area contributed by atoms with Gasteiger partial charge in [0.2, 0.25) is 0 Å². The summed E-state index contributed by atoms with van der Waals surface area (Å²) in [6.45, 7) is 6.11. The van der Waals surface area contributed by atoms with Crippen LogP contribution in [0.3, 0.4) is 0 Å². The molecule has 49 heavy (non-hydrogen) atoms. The number of rotatable bonds is 4. The van der Waals surface area contributed by atoms with Crippen LogP contribution in [0.15, 0.2) is 155 Å². The van der Waals surface area contributed by atoms with Crippen LogP contribution in [0.4, 0.5) is 0 Å².